The largest absolute Gasteiger partial charge is 0.380 e. The maximum absolute atomic E-state index is 13.9. The molecule has 1 heterocycles. The van der Waals surface area contributed by atoms with E-state index in [2.05, 4.69) is 22.3 Å². The third-order valence-corrected chi connectivity index (χ3v) is 5.75. The van der Waals surface area contributed by atoms with Crippen molar-refractivity contribution >= 4 is 11.4 Å². The minimum Gasteiger partial charge on any atom is -0.380 e. The molecule has 2 fully saturated rings. The van der Waals surface area contributed by atoms with E-state index in [0.29, 0.717) is 17.8 Å². The average Bonchev–Trinajstić information content (AvgIpc) is 2.63. The minimum atomic E-state index is -0.550. The van der Waals surface area contributed by atoms with Gasteiger partial charge in [0.2, 0.25) is 0 Å². The highest BCUT2D eigenvalue weighted by atomic mass is 19.1. The number of anilines is 1. The molecule has 5 nitrogen and oxygen atoms in total. The minimum absolute atomic E-state index is 0.104. The predicted octanol–water partition coefficient (Wildman–Crippen LogP) is 4.76. The summed E-state index contributed by atoms with van der Waals surface area (Å²) in [6.45, 7) is 6.78. The van der Waals surface area contributed by atoms with Crippen molar-refractivity contribution in [2.45, 2.75) is 70.6 Å². The summed E-state index contributed by atoms with van der Waals surface area (Å²) in [6, 6.07) is 4.08. The normalized spacial score (nSPS) is 25.2. The second-order valence-corrected chi connectivity index (χ2v) is 7.57. The number of rotatable bonds is 6. The van der Waals surface area contributed by atoms with Gasteiger partial charge < -0.3 is 15.0 Å². The first-order chi connectivity index (χ1) is 12.6. The van der Waals surface area contributed by atoms with Crippen LogP contribution in [0.2, 0.25) is 0 Å². The molecule has 1 aromatic rings. The first kappa shape index (κ1) is 19.2. The highest BCUT2D eigenvalue weighted by molar-refractivity contribution is 5.67. The number of hydrogen-bond donors (Lipinski definition) is 1. The zero-order valence-corrected chi connectivity index (χ0v) is 15.8. The number of piperidine rings is 1. The van der Waals surface area contributed by atoms with Crippen LogP contribution < -0.4 is 5.32 Å². The molecule has 0 bridgehead atoms. The van der Waals surface area contributed by atoms with Crippen molar-refractivity contribution in [1.29, 1.82) is 0 Å². The lowest BCUT2D eigenvalue weighted by atomic mass is 9.90. The second kappa shape index (κ2) is 8.91. The monoisotopic (exact) mass is 363 g/mol. The summed E-state index contributed by atoms with van der Waals surface area (Å²) in [7, 11) is 0. The Morgan fingerprint density at radius 3 is 2.50 bits per heavy atom. The number of ether oxygens (including phenoxy) is 1. The third-order valence-electron chi connectivity index (χ3n) is 5.75. The predicted molar refractivity (Wildman–Crippen MR) is 102 cm³/mol. The summed E-state index contributed by atoms with van der Waals surface area (Å²) in [6.07, 6.45) is 7.19. The molecule has 0 unspecified atom stereocenters. The molecule has 0 radical (unpaired) electrons. The number of nitrogens with zero attached hydrogens (tertiary/aromatic N) is 2. The molecule has 0 spiro atoms. The standard InChI is InChI=1S/C20H30FN3O2/c1-3-26-17-6-4-16(5-7-17)24-10-8-15(9-11-24)22-19-13-14(2)12-18(21)20(19)23-25/h12-13,15-17,22H,3-11H2,1-2H3. The molecule has 0 aromatic heterocycles. The SMILES string of the molecule is CCOC1CCC(N2CCC(Nc3cc(C)cc(F)c3N=O)CC2)CC1. The van der Waals surface area contributed by atoms with Gasteiger partial charge in [-0.2, -0.15) is 0 Å². The van der Waals surface area contributed by atoms with E-state index >= 15 is 0 Å². The van der Waals surface area contributed by atoms with Crippen LogP contribution in [0, 0.1) is 17.6 Å². The highest BCUT2D eigenvalue weighted by Crippen LogP contribution is 2.32. The molecule has 1 N–H and O–H groups in total. The van der Waals surface area contributed by atoms with Crippen molar-refractivity contribution in [3.63, 3.8) is 0 Å². The fourth-order valence-electron chi connectivity index (χ4n) is 4.38. The number of halogens is 1. The number of nitroso groups, excluding NO2 is 1. The first-order valence-electron chi connectivity index (χ1n) is 9.86. The third kappa shape index (κ3) is 4.60. The van der Waals surface area contributed by atoms with Gasteiger partial charge in [0.05, 0.1) is 11.8 Å². The van der Waals surface area contributed by atoms with E-state index in [1.54, 1.807) is 6.07 Å². The van der Waals surface area contributed by atoms with E-state index < -0.39 is 5.82 Å². The van der Waals surface area contributed by atoms with Crippen molar-refractivity contribution in [1.82, 2.24) is 4.90 Å². The Morgan fingerprint density at radius 2 is 1.88 bits per heavy atom. The van der Waals surface area contributed by atoms with Crippen LogP contribution in [-0.4, -0.2) is 42.8 Å². The Morgan fingerprint density at radius 1 is 1.19 bits per heavy atom. The number of benzene rings is 1. The second-order valence-electron chi connectivity index (χ2n) is 7.57. The summed E-state index contributed by atoms with van der Waals surface area (Å²) in [4.78, 5) is 13.6. The lowest BCUT2D eigenvalue weighted by molar-refractivity contribution is 0.00994. The van der Waals surface area contributed by atoms with Gasteiger partial charge in [0.25, 0.3) is 0 Å². The summed E-state index contributed by atoms with van der Waals surface area (Å²) < 4.78 is 19.7. The van der Waals surface area contributed by atoms with Crippen molar-refractivity contribution in [2.24, 2.45) is 5.18 Å². The molecule has 1 aliphatic carbocycles. The van der Waals surface area contributed by atoms with Gasteiger partial charge in [0, 0.05) is 31.8 Å². The summed E-state index contributed by atoms with van der Waals surface area (Å²) in [5.41, 5.74) is 1.21. The smallest absolute Gasteiger partial charge is 0.166 e. The Labute approximate surface area is 155 Å². The Balaban J connectivity index is 1.51. The van der Waals surface area contributed by atoms with Gasteiger partial charge in [0.15, 0.2) is 11.5 Å². The highest BCUT2D eigenvalue weighted by Gasteiger charge is 2.29. The Kier molecular flexibility index (Phi) is 6.59. The topological polar surface area (TPSA) is 53.9 Å². The van der Waals surface area contributed by atoms with Gasteiger partial charge in [-0.3, -0.25) is 0 Å². The van der Waals surface area contributed by atoms with Crippen molar-refractivity contribution in [2.75, 3.05) is 25.0 Å². The van der Waals surface area contributed by atoms with E-state index in [9.17, 15) is 9.30 Å². The fraction of sp³-hybridized carbons (Fsp3) is 0.700. The molecule has 26 heavy (non-hydrogen) atoms. The van der Waals surface area contributed by atoms with Crippen molar-refractivity contribution in [3.05, 3.63) is 28.4 Å². The molecule has 6 heteroatoms. The van der Waals surface area contributed by atoms with Crippen LogP contribution in [-0.2, 0) is 4.74 Å². The number of nitrogens with one attached hydrogen (secondary N) is 1. The van der Waals surface area contributed by atoms with E-state index in [1.165, 1.54) is 18.9 Å². The molecule has 1 aliphatic heterocycles. The molecular weight excluding hydrogens is 333 g/mol. The molecule has 1 saturated carbocycles. The van der Waals surface area contributed by atoms with Gasteiger partial charge in [-0.25, -0.2) is 4.39 Å². The number of aryl methyl sites for hydroxylation is 1. The molecular formula is C20H30FN3O2. The molecule has 0 amide bonds. The molecule has 144 valence electrons. The van der Waals surface area contributed by atoms with Gasteiger partial charge in [-0.05, 0) is 75.2 Å². The van der Waals surface area contributed by atoms with Crippen LogP contribution in [0.3, 0.4) is 0 Å². The van der Waals surface area contributed by atoms with Gasteiger partial charge in [0.1, 0.15) is 0 Å². The van der Waals surface area contributed by atoms with Crippen molar-refractivity contribution < 1.29 is 9.13 Å². The zero-order valence-electron chi connectivity index (χ0n) is 15.8. The quantitative estimate of drug-likeness (QED) is 0.741. The number of likely N-dealkylation sites (tertiary alicyclic amines) is 1. The maximum atomic E-state index is 13.9. The van der Waals surface area contributed by atoms with Crippen LogP contribution in [0.5, 0.6) is 0 Å². The van der Waals surface area contributed by atoms with Crippen LogP contribution in [0.25, 0.3) is 0 Å². The lowest BCUT2D eigenvalue weighted by Crippen LogP contribution is -2.46. The van der Waals surface area contributed by atoms with Crippen LogP contribution >= 0.6 is 0 Å². The van der Waals surface area contributed by atoms with Crippen LogP contribution in [0.1, 0.15) is 51.0 Å². The van der Waals surface area contributed by atoms with Gasteiger partial charge in [-0.1, -0.05) is 0 Å². The van der Waals surface area contributed by atoms with E-state index in [4.69, 9.17) is 4.74 Å². The first-order valence-corrected chi connectivity index (χ1v) is 9.86. The van der Waals surface area contributed by atoms with Gasteiger partial charge in [-0.15, -0.1) is 4.91 Å². The fourth-order valence-corrected chi connectivity index (χ4v) is 4.38. The Bertz CT molecular complexity index is 609. The summed E-state index contributed by atoms with van der Waals surface area (Å²) in [5, 5.41) is 6.23. The Hall–Kier alpha value is -1.53. The van der Waals surface area contributed by atoms with E-state index in [1.807, 2.05) is 6.92 Å². The molecule has 3 rings (SSSR count). The number of hydrogen-bond acceptors (Lipinski definition) is 5. The van der Waals surface area contributed by atoms with E-state index in [-0.39, 0.29) is 11.7 Å². The summed E-state index contributed by atoms with van der Waals surface area (Å²) in [5.74, 6) is -0.550. The molecule has 1 aromatic carbocycles. The molecule has 2 aliphatic rings. The average molecular weight is 363 g/mol. The molecule has 1 saturated heterocycles. The molecule has 0 atom stereocenters. The van der Waals surface area contributed by atoms with E-state index in [0.717, 1.165) is 50.9 Å². The van der Waals surface area contributed by atoms with Crippen LogP contribution in [0.15, 0.2) is 17.3 Å². The van der Waals surface area contributed by atoms with Gasteiger partial charge >= 0.3 is 0 Å². The van der Waals surface area contributed by atoms with Crippen molar-refractivity contribution in [3.8, 4) is 0 Å². The lowest BCUT2D eigenvalue weighted by Gasteiger charge is -2.41. The summed E-state index contributed by atoms with van der Waals surface area (Å²) >= 11 is 0. The zero-order chi connectivity index (χ0) is 18.5. The van der Waals surface area contributed by atoms with Crippen LogP contribution in [0.4, 0.5) is 15.8 Å². The maximum Gasteiger partial charge on any atom is 0.166 e.